The molecule has 0 atom stereocenters. The molecule has 0 saturated carbocycles. The van der Waals surface area contributed by atoms with Crippen LogP contribution in [0.1, 0.15) is 11.1 Å². The maximum atomic E-state index is 13.1. The molecule has 0 aromatic heterocycles. The molecule has 0 bridgehead atoms. The van der Waals surface area contributed by atoms with E-state index in [9.17, 15) is 4.39 Å². The molecule has 76 valence electrons. The zero-order valence-electron chi connectivity index (χ0n) is 7.21. The first kappa shape index (κ1) is 15.0. The number of anilines is 1. The first-order valence-electron chi connectivity index (χ1n) is 3.40. The van der Waals surface area contributed by atoms with Gasteiger partial charge in [0.2, 0.25) is 0 Å². The van der Waals surface area contributed by atoms with E-state index in [0.29, 0.717) is 16.8 Å². The molecule has 0 amide bonds. The van der Waals surface area contributed by atoms with Gasteiger partial charge < -0.3 is 11.5 Å². The highest BCUT2D eigenvalue weighted by atomic mass is 35.5. The second-order valence-electron chi connectivity index (χ2n) is 2.46. The average molecular weight is 227 g/mol. The van der Waals surface area contributed by atoms with Crippen LogP contribution in [0.4, 0.5) is 10.1 Å². The van der Waals surface area contributed by atoms with E-state index < -0.39 is 0 Å². The third-order valence-corrected chi connectivity index (χ3v) is 1.73. The Morgan fingerprint density at radius 1 is 1.31 bits per heavy atom. The first-order chi connectivity index (χ1) is 5.16. The van der Waals surface area contributed by atoms with Crippen LogP contribution in [0.25, 0.3) is 0 Å². The van der Waals surface area contributed by atoms with Crippen molar-refractivity contribution in [1.82, 2.24) is 0 Å². The Labute approximate surface area is 89.3 Å². The number of nitrogens with two attached hydrogens (primary N) is 2. The summed E-state index contributed by atoms with van der Waals surface area (Å²) in [6, 6.07) is 3.28. The zero-order valence-corrected chi connectivity index (χ0v) is 8.84. The molecule has 1 rings (SSSR count). The smallest absolute Gasteiger partial charge is 0.132 e. The van der Waals surface area contributed by atoms with Gasteiger partial charge in [-0.25, -0.2) is 4.39 Å². The van der Waals surface area contributed by atoms with Gasteiger partial charge in [0.1, 0.15) is 5.82 Å². The Bertz CT molecular complexity index is 279. The molecule has 0 aliphatic carbocycles. The van der Waals surface area contributed by atoms with Crippen molar-refractivity contribution in [3.63, 3.8) is 0 Å². The highest BCUT2D eigenvalue weighted by Crippen LogP contribution is 2.17. The van der Waals surface area contributed by atoms with Crippen molar-refractivity contribution in [2.24, 2.45) is 5.73 Å². The molecule has 0 unspecified atom stereocenters. The van der Waals surface area contributed by atoms with Gasteiger partial charge in [0.25, 0.3) is 0 Å². The zero-order chi connectivity index (χ0) is 8.43. The molecule has 1 aromatic rings. The van der Waals surface area contributed by atoms with E-state index in [1.54, 1.807) is 19.1 Å². The minimum atomic E-state index is -0.285. The topological polar surface area (TPSA) is 52.0 Å². The van der Waals surface area contributed by atoms with E-state index in [-0.39, 0.29) is 37.2 Å². The van der Waals surface area contributed by atoms with E-state index in [1.807, 2.05) is 0 Å². The Balaban J connectivity index is 0. The van der Waals surface area contributed by atoms with Crippen LogP contribution in [0.15, 0.2) is 12.1 Å². The quantitative estimate of drug-likeness (QED) is 0.721. The second-order valence-corrected chi connectivity index (χ2v) is 2.46. The van der Waals surface area contributed by atoms with Gasteiger partial charge in [-0.1, -0.05) is 6.07 Å². The molecule has 2 nitrogen and oxygen atoms in total. The first-order valence-corrected chi connectivity index (χ1v) is 3.40. The number of hydrogen-bond donors (Lipinski definition) is 2. The van der Waals surface area contributed by atoms with Gasteiger partial charge in [-0.15, -0.1) is 24.8 Å². The van der Waals surface area contributed by atoms with Crippen molar-refractivity contribution >= 4 is 30.5 Å². The lowest BCUT2D eigenvalue weighted by Gasteiger charge is -2.04. The molecule has 0 aliphatic rings. The SMILES string of the molecule is Cc1c(N)ccc(CN)c1F.Cl.Cl. The van der Waals surface area contributed by atoms with E-state index >= 15 is 0 Å². The van der Waals surface area contributed by atoms with Gasteiger partial charge in [0, 0.05) is 23.4 Å². The molecule has 4 N–H and O–H groups in total. The summed E-state index contributed by atoms with van der Waals surface area (Å²) in [6.45, 7) is 1.86. The summed E-state index contributed by atoms with van der Waals surface area (Å²) >= 11 is 0. The van der Waals surface area contributed by atoms with Crippen molar-refractivity contribution in [3.8, 4) is 0 Å². The predicted molar refractivity (Wildman–Crippen MR) is 57.9 cm³/mol. The van der Waals surface area contributed by atoms with Crippen molar-refractivity contribution in [2.45, 2.75) is 13.5 Å². The maximum Gasteiger partial charge on any atom is 0.132 e. The Morgan fingerprint density at radius 2 is 1.85 bits per heavy atom. The largest absolute Gasteiger partial charge is 0.398 e. The Kier molecular flexibility index (Phi) is 6.94. The molecule has 0 aliphatic heterocycles. The van der Waals surface area contributed by atoms with Gasteiger partial charge >= 0.3 is 0 Å². The fourth-order valence-electron chi connectivity index (χ4n) is 0.914. The molecule has 13 heavy (non-hydrogen) atoms. The Morgan fingerprint density at radius 3 is 2.31 bits per heavy atom. The molecule has 0 fully saturated rings. The summed E-state index contributed by atoms with van der Waals surface area (Å²) in [5, 5.41) is 0. The van der Waals surface area contributed by atoms with Gasteiger partial charge in [0.05, 0.1) is 0 Å². The van der Waals surface area contributed by atoms with Gasteiger partial charge in [-0.3, -0.25) is 0 Å². The third-order valence-electron chi connectivity index (χ3n) is 1.73. The predicted octanol–water partition coefficient (Wildman–Crippen LogP) is 2.02. The van der Waals surface area contributed by atoms with Crippen LogP contribution in [0.3, 0.4) is 0 Å². The van der Waals surface area contributed by atoms with E-state index in [4.69, 9.17) is 11.5 Å². The fraction of sp³-hybridized carbons (Fsp3) is 0.250. The van der Waals surface area contributed by atoms with Crippen LogP contribution in [0.5, 0.6) is 0 Å². The van der Waals surface area contributed by atoms with Gasteiger partial charge in [-0.05, 0) is 13.0 Å². The highest BCUT2D eigenvalue weighted by molar-refractivity contribution is 5.85. The molecule has 1 aromatic carbocycles. The van der Waals surface area contributed by atoms with E-state index in [2.05, 4.69) is 0 Å². The average Bonchev–Trinajstić information content (AvgIpc) is 2.01. The summed E-state index contributed by atoms with van der Waals surface area (Å²) in [7, 11) is 0. The van der Waals surface area contributed by atoms with E-state index in [0.717, 1.165) is 0 Å². The van der Waals surface area contributed by atoms with Crippen molar-refractivity contribution in [1.29, 1.82) is 0 Å². The molecule has 0 saturated heterocycles. The van der Waals surface area contributed by atoms with Crippen LogP contribution in [0.2, 0.25) is 0 Å². The maximum absolute atomic E-state index is 13.1. The minimum absolute atomic E-state index is 0. The van der Waals surface area contributed by atoms with Crippen LogP contribution < -0.4 is 11.5 Å². The standard InChI is InChI=1S/C8H11FN2.2ClH/c1-5-7(11)3-2-6(4-10)8(5)9;;/h2-3H,4,10-11H2,1H3;2*1H. The van der Waals surface area contributed by atoms with Gasteiger partial charge in [-0.2, -0.15) is 0 Å². The fourth-order valence-corrected chi connectivity index (χ4v) is 0.914. The molecule has 0 radical (unpaired) electrons. The normalized spacial score (nSPS) is 8.54. The van der Waals surface area contributed by atoms with Crippen LogP contribution in [0, 0.1) is 12.7 Å². The van der Waals surface area contributed by atoms with Crippen LogP contribution >= 0.6 is 24.8 Å². The number of benzene rings is 1. The lowest BCUT2D eigenvalue weighted by molar-refractivity contribution is 0.602. The van der Waals surface area contributed by atoms with Crippen LogP contribution in [-0.4, -0.2) is 0 Å². The highest BCUT2D eigenvalue weighted by Gasteiger charge is 2.05. The summed E-state index contributed by atoms with van der Waals surface area (Å²) in [4.78, 5) is 0. The summed E-state index contributed by atoms with van der Waals surface area (Å²) in [6.07, 6.45) is 0. The number of rotatable bonds is 1. The van der Waals surface area contributed by atoms with Crippen molar-refractivity contribution < 1.29 is 4.39 Å². The summed E-state index contributed by atoms with van der Waals surface area (Å²) < 4.78 is 13.1. The summed E-state index contributed by atoms with van der Waals surface area (Å²) in [5.74, 6) is -0.285. The Hall–Kier alpha value is -0.510. The molecule has 5 heteroatoms. The lowest BCUT2D eigenvalue weighted by atomic mass is 10.1. The second kappa shape index (κ2) is 6.02. The van der Waals surface area contributed by atoms with E-state index in [1.165, 1.54) is 0 Å². The monoisotopic (exact) mass is 226 g/mol. The molecular formula is C8H13Cl2FN2. The number of halogens is 3. The van der Waals surface area contributed by atoms with Crippen molar-refractivity contribution in [3.05, 3.63) is 29.1 Å². The number of hydrogen-bond acceptors (Lipinski definition) is 2. The molecular weight excluding hydrogens is 214 g/mol. The summed E-state index contributed by atoms with van der Waals surface area (Å²) in [5.41, 5.74) is 12.2. The van der Waals surface area contributed by atoms with Crippen LogP contribution in [-0.2, 0) is 6.54 Å². The van der Waals surface area contributed by atoms with Gasteiger partial charge in [0.15, 0.2) is 0 Å². The van der Waals surface area contributed by atoms with Crippen molar-refractivity contribution in [2.75, 3.05) is 5.73 Å². The number of nitrogen functional groups attached to an aromatic ring is 1. The molecule has 0 spiro atoms. The lowest BCUT2D eigenvalue weighted by Crippen LogP contribution is -2.03. The third kappa shape index (κ3) is 3.03. The molecule has 0 heterocycles. The minimum Gasteiger partial charge on any atom is -0.398 e.